The van der Waals surface area contributed by atoms with E-state index in [-0.39, 0.29) is 0 Å². The van der Waals surface area contributed by atoms with Crippen molar-refractivity contribution in [1.82, 2.24) is 4.90 Å². The fraction of sp³-hybridized carbons (Fsp3) is 0.667. The number of ether oxygens (including phenoxy) is 2. The molecule has 136 valence electrons. The minimum atomic E-state index is -0.390. The molecule has 2 saturated heterocycles. The van der Waals surface area contributed by atoms with Crippen LogP contribution < -0.4 is 4.74 Å². The van der Waals surface area contributed by atoms with Crippen molar-refractivity contribution in [2.45, 2.75) is 63.5 Å². The average Bonchev–Trinajstić information content (AvgIpc) is 2.98. The number of likely N-dealkylation sites (tertiary alicyclic amines) is 1. The molecule has 0 bridgehead atoms. The van der Waals surface area contributed by atoms with Crippen LogP contribution in [0.3, 0.4) is 0 Å². The third-order valence-corrected chi connectivity index (χ3v) is 5.93. The highest BCUT2D eigenvalue weighted by atomic mass is 16.5. The van der Waals surface area contributed by atoms with Gasteiger partial charge in [-0.2, -0.15) is 5.26 Å². The summed E-state index contributed by atoms with van der Waals surface area (Å²) >= 11 is 0. The summed E-state index contributed by atoms with van der Waals surface area (Å²) in [6, 6.07) is 12.0. The number of hydrogen-bond donors (Lipinski definition) is 0. The molecule has 0 saturated carbocycles. The molecular weight excluding hydrogens is 312 g/mol. The van der Waals surface area contributed by atoms with Crippen LogP contribution in [-0.2, 0) is 10.2 Å². The standard InChI is InChI=1S/C21H30N2O2/c1-17-4-5-18(2)23(17)12-3-13-25-20-8-6-19(7-9-20)21(16-22)10-14-24-15-11-21/h6-9,17-18H,3-5,10-15H2,1-2H3/t17-,18-/m1/s1. The van der Waals surface area contributed by atoms with E-state index in [1.807, 2.05) is 12.1 Å². The van der Waals surface area contributed by atoms with Crippen LogP contribution >= 0.6 is 0 Å². The quantitative estimate of drug-likeness (QED) is 0.736. The number of hydrogen-bond acceptors (Lipinski definition) is 4. The lowest BCUT2D eigenvalue weighted by atomic mass is 9.75. The van der Waals surface area contributed by atoms with E-state index in [1.54, 1.807) is 0 Å². The van der Waals surface area contributed by atoms with Crippen molar-refractivity contribution in [3.05, 3.63) is 29.8 Å². The van der Waals surface area contributed by atoms with Crippen molar-refractivity contribution in [2.24, 2.45) is 0 Å². The number of rotatable bonds is 6. The zero-order valence-electron chi connectivity index (χ0n) is 15.5. The van der Waals surface area contributed by atoms with E-state index in [2.05, 4.69) is 36.9 Å². The van der Waals surface area contributed by atoms with Crippen LogP contribution in [0.2, 0.25) is 0 Å². The average molecular weight is 342 g/mol. The molecule has 1 aromatic carbocycles. The Morgan fingerprint density at radius 2 is 1.80 bits per heavy atom. The van der Waals surface area contributed by atoms with Gasteiger partial charge in [0, 0.05) is 31.8 Å². The van der Waals surface area contributed by atoms with Crippen LogP contribution in [0.15, 0.2) is 24.3 Å². The molecule has 0 N–H and O–H groups in total. The Hall–Kier alpha value is -1.57. The second kappa shape index (κ2) is 8.21. The van der Waals surface area contributed by atoms with Crippen LogP contribution in [0.1, 0.15) is 51.5 Å². The Kier molecular flexibility index (Phi) is 5.98. The Labute approximate surface area is 151 Å². The van der Waals surface area contributed by atoms with Crippen molar-refractivity contribution >= 4 is 0 Å². The van der Waals surface area contributed by atoms with Crippen LogP contribution in [0.4, 0.5) is 0 Å². The molecular formula is C21H30N2O2. The molecule has 2 heterocycles. The van der Waals surface area contributed by atoms with Crippen LogP contribution in [0.25, 0.3) is 0 Å². The molecule has 0 spiro atoms. The van der Waals surface area contributed by atoms with E-state index in [1.165, 1.54) is 12.8 Å². The summed E-state index contributed by atoms with van der Waals surface area (Å²) in [5, 5.41) is 9.64. The Morgan fingerprint density at radius 3 is 2.40 bits per heavy atom. The highest BCUT2D eigenvalue weighted by Crippen LogP contribution is 2.35. The van der Waals surface area contributed by atoms with Crippen LogP contribution in [0, 0.1) is 11.3 Å². The topological polar surface area (TPSA) is 45.5 Å². The minimum Gasteiger partial charge on any atom is -0.494 e. The molecule has 2 atom stereocenters. The SMILES string of the molecule is C[C@@H]1CC[C@@H](C)N1CCCOc1ccc(C2(C#N)CCOCC2)cc1. The van der Waals surface area contributed by atoms with Crippen molar-refractivity contribution < 1.29 is 9.47 Å². The smallest absolute Gasteiger partial charge is 0.119 e. The van der Waals surface area contributed by atoms with Gasteiger partial charge < -0.3 is 9.47 Å². The van der Waals surface area contributed by atoms with Gasteiger partial charge in [-0.3, -0.25) is 4.90 Å². The molecule has 2 aliphatic rings. The molecule has 0 aromatic heterocycles. The van der Waals surface area contributed by atoms with E-state index >= 15 is 0 Å². The summed E-state index contributed by atoms with van der Waals surface area (Å²) in [5.74, 6) is 0.895. The monoisotopic (exact) mass is 342 g/mol. The number of nitrogens with zero attached hydrogens (tertiary/aromatic N) is 2. The molecule has 2 aliphatic heterocycles. The highest BCUT2D eigenvalue weighted by molar-refractivity contribution is 5.37. The van der Waals surface area contributed by atoms with Gasteiger partial charge in [-0.05, 0) is 63.6 Å². The Bertz CT molecular complexity index is 577. The van der Waals surface area contributed by atoms with Gasteiger partial charge in [-0.15, -0.1) is 0 Å². The van der Waals surface area contributed by atoms with Crippen molar-refractivity contribution in [3.63, 3.8) is 0 Å². The Morgan fingerprint density at radius 1 is 1.16 bits per heavy atom. The predicted octanol–water partition coefficient (Wildman–Crippen LogP) is 3.90. The van der Waals surface area contributed by atoms with E-state index in [4.69, 9.17) is 9.47 Å². The lowest BCUT2D eigenvalue weighted by Gasteiger charge is -2.31. The lowest BCUT2D eigenvalue weighted by Crippen LogP contribution is -2.34. The van der Waals surface area contributed by atoms with Crippen LogP contribution in [0.5, 0.6) is 5.75 Å². The Balaban J connectivity index is 1.49. The predicted molar refractivity (Wildman–Crippen MR) is 98.8 cm³/mol. The van der Waals surface area contributed by atoms with Gasteiger partial charge in [0.1, 0.15) is 5.75 Å². The van der Waals surface area contributed by atoms with E-state index in [0.717, 1.165) is 43.7 Å². The summed E-state index contributed by atoms with van der Waals surface area (Å²) in [6.07, 6.45) is 5.23. The second-order valence-electron chi connectivity index (χ2n) is 7.55. The van der Waals surface area contributed by atoms with Gasteiger partial charge in [0.2, 0.25) is 0 Å². The molecule has 25 heavy (non-hydrogen) atoms. The first-order valence-electron chi connectivity index (χ1n) is 9.63. The largest absolute Gasteiger partial charge is 0.494 e. The van der Waals surface area contributed by atoms with Crippen LogP contribution in [-0.4, -0.2) is 43.3 Å². The second-order valence-corrected chi connectivity index (χ2v) is 7.55. The first-order valence-corrected chi connectivity index (χ1v) is 9.63. The zero-order chi connectivity index (χ0) is 17.7. The summed E-state index contributed by atoms with van der Waals surface area (Å²) in [4.78, 5) is 2.59. The molecule has 0 amide bonds. The van der Waals surface area contributed by atoms with Gasteiger partial charge in [0.25, 0.3) is 0 Å². The first-order chi connectivity index (χ1) is 12.1. The molecule has 0 aliphatic carbocycles. The van der Waals surface area contributed by atoms with Crippen molar-refractivity contribution in [2.75, 3.05) is 26.4 Å². The lowest BCUT2D eigenvalue weighted by molar-refractivity contribution is 0.0675. The van der Waals surface area contributed by atoms with Crippen molar-refractivity contribution in [1.29, 1.82) is 5.26 Å². The fourth-order valence-electron chi connectivity index (χ4n) is 4.18. The fourth-order valence-corrected chi connectivity index (χ4v) is 4.18. The normalized spacial score (nSPS) is 26.3. The summed E-state index contributed by atoms with van der Waals surface area (Å²) in [5.41, 5.74) is 0.698. The van der Waals surface area contributed by atoms with Crippen molar-refractivity contribution in [3.8, 4) is 11.8 Å². The molecule has 3 rings (SSSR count). The third-order valence-electron chi connectivity index (χ3n) is 5.93. The van der Waals surface area contributed by atoms with E-state index < -0.39 is 5.41 Å². The van der Waals surface area contributed by atoms with Gasteiger partial charge >= 0.3 is 0 Å². The number of nitriles is 1. The minimum absolute atomic E-state index is 0.390. The maximum Gasteiger partial charge on any atom is 0.119 e. The third kappa shape index (κ3) is 4.16. The van der Waals surface area contributed by atoms with Gasteiger partial charge in [-0.25, -0.2) is 0 Å². The van der Waals surface area contributed by atoms with E-state index in [9.17, 15) is 5.26 Å². The molecule has 4 nitrogen and oxygen atoms in total. The molecule has 1 aromatic rings. The summed E-state index contributed by atoms with van der Waals surface area (Å²) in [7, 11) is 0. The van der Waals surface area contributed by atoms with Gasteiger partial charge in [0.15, 0.2) is 0 Å². The number of benzene rings is 1. The highest BCUT2D eigenvalue weighted by Gasteiger charge is 2.34. The maximum atomic E-state index is 9.64. The molecule has 0 unspecified atom stereocenters. The van der Waals surface area contributed by atoms with Gasteiger partial charge in [0.05, 0.1) is 18.1 Å². The van der Waals surface area contributed by atoms with E-state index in [0.29, 0.717) is 25.3 Å². The first kappa shape index (κ1) is 18.2. The van der Waals surface area contributed by atoms with Gasteiger partial charge in [-0.1, -0.05) is 12.1 Å². The maximum absolute atomic E-state index is 9.64. The summed E-state index contributed by atoms with van der Waals surface area (Å²) < 4.78 is 11.3. The zero-order valence-corrected chi connectivity index (χ0v) is 15.5. The molecule has 2 fully saturated rings. The molecule has 4 heteroatoms. The summed E-state index contributed by atoms with van der Waals surface area (Å²) in [6.45, 7) is 7.83. The molecule has 0 radical (unpaired) electrons.